The van der Waals surface area contributed by atoms with Crippen LogP contribution in [0, 0.1) is 3.57 Å². The number of nitrogens with zero attached hydrogens (tertiary/aromatic N) is 1. The Hall–Kier alpha value is -1.77. The van der Waals surface area contributed by atoms with Crippen molar-refractivity contribution < 1.29 is 19.1 Å². The molecule has 0 spiro atoms. The van der Waals surface area contributed by atoms with E-state index in [1.54, 1.807) is 19.3 Å². The average molecular weight is 430 g/mol. The first kappa shape index (κ1) is 17.6. The number of benzene rings is 1. The predicted octanol–water partition coefficient (Wildman–Crippen LogP) is 3.00. The van der Waals surface area contributed by atoms with E-state index < -0.39 is 6.03 Å². The number of ether oxygens (including phenoxy) is 2. The van der Waals surface area contributed by atoms with Crippen LogP contribution in [-0.4, -0.2) is 37.1 Å². The van der Waals surface area contributed by atoms with Crippen LogP contribution in [0.4, 0.5) is 4.79 Å². The molecule has 124 valence electrons. The Kier molecular flexibility index (Phi) is 5.51. The van der Waals surface area contributed by atoms with Crippen LogP contribution in [0.25, 0.3) is 6.08 Å². The first-order valence-corrected chi connectivity index (χ1v) is 8.30. The van der Waals surface area contributed by atoms with Gasteiger partial charge in [0.15, 0.2) is 11.5 Å². The topological polar surface area (TPSA) is 67.9 Å². The number of amides is 3. The fourth-order valence-corrected chi connectivity index (χ4v) is 2.76. The summed E-state index contributed by atoms with van der Waals surface area (Å²) in [6.45, 7) is 4.04. The minimum atomic E-state index is -0.431. The van der Waals surface area contributed by atoms with Gasteiger partial charge in [0.1, 0.15) is 5.70 Å². The summed E-state index contributed by atoms with van der Waals surface area (Å²) in [5.41, 5.74) is 0.993. The van der Waals surface area contributed by atoms with Gasteiger partial charge in [-0.05, 0) is 59.7 Å². The number of likely N-dealkylation sites (N-methyl/N-ethyl adjacent to an activating group) is 1. The highest BCUT2D eigenvalue weighted by Crippen LogP contribution is 2.35. The first-order chi connectivity index (χ1) is 10.9. The van der Waals surface area contributed by atoms with Crippen molar-refractivity contribution in [1.29, 1.82) is 0 Å². The van der Waals surface area contributed by atoms with E-state index in [1.165, 1.54) is 7.05 Å². The summed E-state index contributed by atoms with van der Waals surface area (Å²) in [6.07, 6.45) is 2.59. The SMILES string of the molecule is CC[C@H](C)Oc1c(I)cc(/C=C2/NC(=O)N(C)C2=O)cc1OC. The van der Waals surface area contributed by atoms with E-state index in [1.807, 2.05) is 19.9 Å². The van der Waals surface area contributed by atoms with Crippen LogP contribution in [0.15, 0.2) is 17.8 Å². The summed E-state index contributed by atoms with van der Waals surface area (Å²) < 4.78 is 12.2. The first-order valence-electron chi connectivity index (χ1n) is 7.22. The van der Waals surface area contributed by atoms with Crippen molar-refractivity contribution in [3.63, 3.8) is 0 Å². The van der Waals surface area contributed by atoms with Crippen LogP contribution in [0.2, 0.25) is 0 Å². The number of rotatable bonds is 5. The van der Waals surface area contributed by atoms with Crippen molar-refractivity contribution in [2.75, 3.05) is 14.2 Å². The van der Waals surface area contributed by atoms with Gasteiger partial charge in [-0.1, -0.05) is 6.92 Å². The fourth-order valence-electron chi connectivity index (χ4n) is 2.01. The highest BCUT2D eigenvalue weighted by Gasteiger charge is 2.30. The van der Waals surface area contributed by atoms with Crippen LogP contribution in [0.5, 0.6) is 11.5 Å². The summed E-state index contributed by atoms with van der Waals surface area (Å²) in [5.74, 6) is 0.918. The molecule has 1 atom stereocenters. The molecule has 2 rings (SSSR count). The van der Waals surface area contributed by atoms with E-state index >= 15 is 0 Å². The monoisotopic (exact) mass is 430 g/mol. The number of methoxy groups -OCH3 is 1. The largest absolute Gasteiger partial charge is 0.493 e. The Morgan fingerprint density at radius 2 is 2.09 bits per heavy atom. The van der Waals surface area contributed by atoms with Crippen molar-refractivity contribution in [1.82, 2.24) is 10.2 Å². The van der Waals surface area contributed by atoms with Crippen LogP contribution < -0.4 is 14.8 Å². The van der Waals surface area contributed by atoms with E-state index in [-0.39, 0.29) is 17.7 Å². The summed E-state index contributed by atoms with van der Waals surface area (Å²) in [7, 11) is 3.01. The van der Waals surface area contributed by atoms with Gasteiger partial charge in [-0.2, -0.15) is 0 Å². The molecule has 0 aliphatic carbocycles. The fraction of sp³-hybridized carbons (Fsp3) is 0.375. The van der Waals surface area contributed by atoms with Crippen molar-refractivity contribution in [2.24, 2.45) is 0 Å². The van der Waals surface area contributed by atoms with Gasteiger partial charge in [0, 0.05) is 7.05 Å². The van der Waals surface area contributed by atoms with Crippen molar-refractivity contribution in [3.8, 4) is 11.5 Å². The molecule has 7 heteroatoms. The summed E-state index contributed by atoms with van der Waals surface area (Å²) in [6, 6.07) is 3.23. The van der Waals surface area contributed by atoms with Gasteiger partial charge in [-0.25, -0.2) is 4.79 Å². The van der Waals surface area contributed by atoms with Gasteiger partial charge in [-0.15, -0.1) is 0 Å². The van der Waals surface area contributed by atoms with Gasteiger partial charge in [0.25, 0.3) is 5.91 Å². The van der Waals surface area contributed by atoms with Gasteiger partial charge < -0.3 is 14.8 Å². The normalized spacial score (nSPS) is 17.4. The predicted molar refractivity (Wildman–Crippen MR) is 95.4 cm³/mol. The molecule has 1 heterocycles. The standard InChI is InChI=1S/C16H19IN2O4/c1-5-9(2)23-14-11(17)6-10(8-13(14)22-4)7-12-15(20)19(3)16(21)18-12/h6-9H,5H2,1-4H3,(H,18,21)/b12-7+/t9-/m0/s1. The molecule has 0 saturated carbocycles. The number of halogens is 1. The lowest BCUT2D eigenvalue weighted by Crippen LogP contribution is -2.25. The number of hydrogen-bond donors (Lipinski definition) is 1. The zero-order valence-electron chi connectivity index (χ0n) is 13.5. The molecule has 1 aliphatic rings. The Labute approximate surface area is 149 Å². The molecule has 3 amide bonds. The van der Waals surface area contributed by atoms with E-state index in [2.05, 4.69) is 27.9 Å². The van der Waals surface area contributed by atoms with Crippen LogP contribution >= 0.6 is 22.6 Å². The average Bonchev–Trinajstić information content (AvgIpc) is 2.76. The molecule has 0 bridgehead atoms. The minimum Gasteiger partial charge on any atom is -0.493 e. The molecular weight excluding hydrogens is 411 g/mol. The summed E-state index contributed by atoms with van der Waals surface area (Å²) >= 11 is 2.17. The number of imide groups is 1. The third kappa shape index (κ3) is 3.77. The van der Waals surface area contributed by atoms with Crippen LogP contribution in [0.1, 0.15) is 25.8 Å². The van der Waals surface area contributed by atoms with E-state index in [4.69, 9.17) is 9.47 Å². The summed E-state index contributed by atoms with van der Waals surface area (Å²) in [4.78, 5) is 24.5. The van der Waals surface area contributed by atoms with Crippen molar-refractivity contribution >= 4 is 40.6 Å². The number of nitrogens with one attached hydrogen (secondary N) is 1. The van der Waals surface area contributed by atoms with Gasteiger partial charge in [0.2, 0.25) is 0 Å². The highest BCUT2D eigenvalue weighted by molar-refractivity contribution is 14.1. The molecule has 6 nitrogen and oxygen atoms in total. The molecular formula is C16H19IN2O4. The molecule has 1 aromatic rings. The Balaban J connectivity index is 2.37. The molecule has 23 heavy (non-hydrogen) atoms. The zero-order valence-corrected chi connectivity index (χ0v) is 15.6. The minimum absolute atomic E-state index is 0.0750. The molecule has 0 aromatic heterocycles. The second-order valence-corrected chi connectivity index (χ2v) is 6.39. The lowest BCUT2D eigenvalue weighted by Gasteiger charge is -2.17. The maximum atomic E-state index is 11.9. The number of carbonyl (C=O) groups is 2. The van der Waals surface area contributed by atoms with E-state index in [0.717, 1.165) is 20.5 Å². The molecule has 1 fully saturated rings. The number of urea groups is 1. The van der Waals surface area contributed by atoms with Gasteiger partial charge >= 0.3 is 6.03 Å². The number of hydrogen-bond acceptors (Lipinski definition) is 4. The molecule has 1 N–H and O–H groups in total. The second kappa shape index (κ2) is 7.20. The van der Waals surface area contributed by atoms with E-state index in [0.29, 0.717) is 11.5 Å². The maximum absolute atomic E-state index is 11.9. The molecule has 1 aromatic carbocycles. The van der Waals surface area contributed by atoms with Crippen LogP contribution in [-0.2, 0) is 4.79 Å². The third-order valence-corrected chi connectivity index (χ3v) is 4.34. The highest BCUT2D eigenvalue weighted by atomic mass is 127. The number of carbonyl (C=O) groups excluding carboxylic acids is 2. The van der Waals surface area contributed by atoms with Crippen molar-refractivity contribution in [2.45, 2.75) is 26.4 Å². The third-order valence-electron chi connectivity index (χ3n) is 3.54. The summed E-state index contributed by atoms with van der Waals surface area (Å²) in [5, 5.41) is 2.54. The van der Waals surface area contributed by atoms with Crippen molar-refractivity contribution in [3.05, 3.63) is 27.0 Å². The Morgan fingerprint density at radius 3 is 2.61 bits per heavy atom. The lowest BCUT2D eigenvalue weighted by molar-refractivity contribution is -0.121. The second-order valence-electron chi connectivity index (χ2n) is 5.22. The molecule has 0 unspecified atom stereocenters. The molecule has 0 radical (unpaired) electrons. The Bertz CT molecular complexity index is 672. The maximum Gasteiger partial charge on any atom is 0.328 e. The van der Waals surface area contributed by atoms with E-state index in [9.17, 15) is 9.59 Å². The van der Waals surface area contributed by atoms with Gasteiger partial charge in [-0.3, -0.25) is 9.69 Å². The zero-order chi connectivity index (χ0) is 17.1. The van der Waals surface area contributed by atoms with Crippen LogP contribution in [0.3, 0.4) is 0 Å². The lowest BCUT2D eigenvalue weighted by atomic mass is 10.1. The molecule has 1 aliphatic heterocycles. The quantitative estimate of drug-likeness (QED) is 0.443. The smallest absolute Gasteiger partial charge is 0.328 e. The Morgan fingerprint density at radius 1 is 1.39 bits per heavy atom. The van der Waals surface area contributed by atoms with Gasteiger partial charge in [0.05, 0.1) is 16.8 Å². The molecule has 1 saturated heterocycles.